The molecule has 2 N–H and O–H groups in total. The lowest BCUT2D eigenvalue weighted by molar-refractivity contribution is -0.142. The summed E-state index contributed by atoms with van der Waals surface area (Å²) in [5.41, 5.74) is 0.847. The van der Waals surface area contributed by atoms with Gasteiger partial charge in [-0.15, -0.1) is 5.10 Å². The second-order valence-corrected chi connectivity index (χ2v) is 5.62. The molecule has 0 bridgehead atoms. The average Bonchev–Trinajstić information content (AvgIpc) is 3.05. The number of rotatable bonds is 8. The summed E-state index contributed by atoms with van der Waals surface area (Å²) < 4.78 is 0. The normalized spacial score (nSPS) is 13.5. The second kappa shape index (κ2) is 7.61. The molecule has 0 saturated heterocycles. The van der Waals surface area contributed by atoms with Crippen molar-refractivity contribution in [3.63, 3.8) is 0 Å². The number of tetrazole rings is 1. The van der Waals surface area contributed by atoms with Crippen molar-refractivity contribution in [2.75, 3.05) is 19.0 Å². The summed E-state index contributed by atoms with van der Waals surface area (Å²) in [6.45, 7) is 1.96. The Kier molecular flexibility index (Phi) is 5.56. The van der Waals surface area contributed by atoms with Crippen molar-refractivity contribution in [3.05, 3.63) is 23.8 Å². The smallest absolute Gasteiger partial charge is 0.307 e. The summed E-state index contributed by atoms with van der Waals surface area (Å²) in [5, 5.41) is 23.3. The van der Waals surface area contributed by atoms with E-state index in [1.54, 1.807) is 17.3 Å². The topological polar surface area (TPSA) is 121 Å². The molecule has 0 aromatic carbocycles. The van der Waals surface area contributed by atoms with Gasteiger partial charge in [-0.3, -0.25) is 4.79 Å². The minimum Gasteiger partial charge on any atom is -0.481 e. The van der Waals surface area contributed by atoms with Crippen LogP contribution in [0.15, 0.2) is 12.4 Å². The molecule has 2 aromatic heterocycles. The molecule has 9 nitrogen and oxygen atoms in total. The molecule has 124 valence electrons. The molecule has 2 rings (SSSR count). The van der Waals surface area contributed by atoms with Crippen LogP contribution in [-0.2, 0) is 11.2 Å². The zero-order valence-electron chi connectivity index (χ0n) is 13.5. The monoisotopic (exact) mass is 319 g/mol. The lowest BCUT2D eigenvalue weighted by Gasteiger charge is -2.21. The van der Waals surface area contributed by atoms with E-state index in [1.807, 2.05) is 21.0 Å². The van der Waals surface area contributed by atoms with Crippen LogP contribution in [-0.4, -0.2) is 55.8 Å². The number of hydrogen-bond acceptors (Lipinski definition) is 7. The van der Waals surface area contributed by atoms with Crippen LogP contribution in [0.4, 0.5) is 5.95 Å². The van der Waals surface area contributed by atoms with E-state index >= 15 is 0 Å². The molecular weight excluding hydrogens is 298 g/mol. The highest BCUT2D eigenvalue weighted by atomic mass is 16.4. The summed E-state index contributed by atoms with van der Waals surface area (Å²) in [7, 11) is 3.72. The van der Waals surface area contributed by atoms with Crippen LogP contribution in [0.25, 0.3) is 0 Å². The number of aromatic amines is 1. The number of carbonyl (C=O) groups is 1. The van der Waals surface area contributed by atoms with Crippen LogP contribution < -0.4 is 4.90 Å². The van der Waals surface area contributed by atoms with Crippen molar-refractivity contribution in [1.29, 1.82) is 0 Å². The predicted molar refractivity (Wildman–Crippen MR) is 83.0 cm³/mol. The fourth-order valence-corrected chi connectivity index (χ4v) is 2.50. The quantitative estimate of drug-likeness (QED) is 0.735. The second-order valence-electron chi connectivity index (χ2n) is 5.62. The molecule has 1 unspecified atom stereocenters. The average molecular weight is 319 g/mol. The van der Waals surface area contributed by atoms with Gasteiger partial charge in [0, 0.05) is 32.4 Å². The molecule has 0 saturated carbocycles. The molecule has 2 atom stereocenters. The molecule has 0 aliphatic carbocycles. The van der Waals surface area contributed by atoms with Crippen LogP contribution in [0.5, 0.6) is 0 Å². The van der Waals surface area contributed by atoms with Crippen LogP contribution in [0.2, 0.25) is 0 Å². The zero-order chi connectivity index (χ0) is 16.8. The highest BCUT2D eigenvalue weighted by Gasteiger charge is 2.31. The number of nitrogens with zero attached hydrogens (tertiary/aromatic N) is 6. The number of nitrogens with one attached hydrogen (secondary N) is 1. The Morgan fingerprint density at radius 3 is 2.52 bits per heavy atom. The maximum Gasteiger partial charge on any atom is 0.307 e. The van der Waals surface area contributed by atoms with E-state index in [2.05, 4.69) is 30.6 Å². The number of hydrogen-bond donors (Lipinski definition) is 2. The molecule has 2 aromatic rings. The Morgan fingerprint density at radius 1 is 1.35 bits per heavy atom. The van der Waals surface area contributed by atoms with Crippen LogP contribution in [0.1, 0.15) is 37.1 Å². The third-order valence-electron chi connectivity index (χ3n) is 3.66. The molecule has 0 amide bonds. The molecule has 0 spiro atoms. The van der Waals surface area contributed by atoms with Gasteiger partial charge in [0.1, 0.15) is 0 Å². The molecular formula is C14H21N7O2. The van der Waals surface area contributed by atoms with E-state index in [0.29, 0.717) is 24.6 Å². The summed E-state index contributed by atoms with van der Waals surface area (Å²) in [6.07, 6.45) is 5.21. The van der Waals surface area contributed by atoms with Gasteiger partial charge in [0.2, 0.25) is 5.95 Å². The first-order valence-electron chi connectivity index (χ1n) is 7.47. The molecule has 0 radical (unpaired) electrons. The molecule has 0 aliphatic heterocycles. The van der Waals surface area contributed by atoms with Crippen LogP contribution in [0, 0.1) is 5.92 Å². The lowest BCUT2D eigenvalue weighted by Crippen LogP contribution is -2.25. The Balaban J connectivity index is 2.25. The van der Waals surface area contributed by atoms with Gasteiger partial charge in [0.15, 0.2) is 5.82 Å². The number of aliphatic carboxylic acids is 1. The molecule has 9 heteroatoms. The Labute approximate surface area is 134 Å². The van der Waals surface area contributed by atoms with Gasteiger partial charge in [-0.2, -0.15) is 0 Å². The van der Waals surface area contributed by atoms with Gasteiger partial charge in [-0.25, -0.2) is 15.1 Å². The fourth-order valence-electron chi connectivity index (χ4n) is 2.50. The first-order valence-corrected chi connectivity index (χ1v) is 7.47. The van der Waals surface area contributed by atoms with E-state index in [-0.39, 0.29) is 5.92 Å². The van der Waals surface area contributed by atoms with E-state index in [9.17, 15) is 9.90 Å². The molecule has 23 heavy (non-hydrogen) atoms. The standard InChI is InChI=1S/C14H21N7O2/c1-4-5-10(13(22)23)11(12-17-19-20-18-12)6-9-7-15-14(16-8-9)21(2)3/h7-8,10-11H,4-6H2,1-3H3,(H,22,23)(H,17,18,19,20)/t10?,11-/m0/s1. The van der Waals surface area contributed by atoms with Gasteiger partial charge >= 0.3 is 5.97 Å². The maximum absolute atomic E-state index is 11.6. The van der Waals surface area contributed by atoms with Crippen molar-refractivity contribution in [2.45, 2.75) is 32.1 Å². The number of H-pyrrole nitrogens is 1. The van der Waals surface area contributed by atoms with E-state index < -0.39 is 11.9 Å². The van der Waals surface area contributed by atoms with Crippen molar-refractivity contribution < 1.29 is 9.90 Å². The van der Waals surface area contributed by atoms with Gasteiger partial charge < -0.3 is 10.0 Å². The van der Waals surface area contributed by atoms with Crippen molar-refractivity contribution in [3.8, 4) is 0 Å². The highest BCUT2D eigenvalue weighted by Crippen LogP contribution is 2.29. The minimum absolute atomic E-state index is 0.351. The summed E-state index contributed by atoms with van der Waals surface area (Å²) in [5.74, 6) is -0.684. The fraction of sp³-hybridized carbons (Fsp3) is 0.571. The number of aromatic nitrogens is 6. The van der Waals surface area contributed by atoms with Gasteiger partial charge in [0.25, 0.3) is 0 Å². The molecule has 2 heterocycles. The SMILES string of the molecule is CCCC(C(=O)O)[C@H](Cc1cnc(N(C)C)nc1)c1nnn[nH]1. The van der Waals surface area contributed by atoms with Crippen molar-refractivity contribution >= 4 is 11.9 Å². The van der Waals surface area contributed by atoms with Gasteiger partial charge in [-0.05, 0) is 28.8 Å². The van der Waals surface area contributed by atoms with Crippen molar-refractivity contribution in [2.24, 2.45) is 5.92 Å². The lowest BCUT2D eigenvalue weighted by atomic mass is 9.84. The van der Waals surface area contributed by atoms with E-state index in [0.717, 1.165) is 12.0 Å². The number of carboxylic acid groups (broad SMARTS) is 1. The van der Waals surface area contributed by atoms with Crippen LogP contribution in [0.3, 0.4) is 0 Å². The largest absolute Gasteiger partial charge is 0.481 e. The first-order chi connectivity index (χ1) is 11.0. The summed E-state index contributed by atoms with van der Waals surface area (Å²) in [4.78, 5) is 22.0. The first kappa shape index (κ1) is 16.8. The van der Waals surface area contributed by atoms with Gasteiger partial charge in [-0.1, -0.05) is 13.3 Å². The van der Waals surface area contributed by atoms with Crippen LogP contribution >= 0.6 is 0 Å². The van der Waals surface area contributed by atoms with E-state index in [1.165, 1.54) is 0 Å². The van der Waals surface area contributed by atoms with Crippen molar-refractivity contribution in [1.82, 2.24) is 30.6 Å². The molecule has 0 aliphatic rings. The maximum atomic E-state index is 11.6. The predicted octanol–water partition coefficient (Wildman–Crippen LogP) is 0.883. The number of carboxylic acids is 1. The van der Waals surface area contributed by atoms with Gasteiger partial charge in [0.05, 0.1) is 5.92 Å². The Hall–Kier alpha value is -2.58. The minimum atomic E-state index is -0.848. The Bertz CT molecular complexity index is 613. The highest BCUT2D eigenvalue weighted by molar-refractivity contribution is 5.71. The Morgan fingerprint density at radius 2 is 2.04 bits per heavy atom. The summed E-state index contributed by atoms with van der Waals surface area (Å²) >= 11 is 0. The molecule has 0 fully saturated rings. The zero-order valence-corrected chi connectivity index (χ0v) is 13.5. The third kappa shape index (κ3) is 4.21. The van der Waals surface area contributed by atoms with E-state index in [4.69, 9.17) is 0 Å². The summed E-state index contributed by atoms with van der Waals surface area (Å²) in [6, 6.07) is 0. The number of anilines is 1. The third-order valence-corrected chi connectivity index (χ3v) is 3.66.